The summed E-state index contributed by atoms with van der Waals surface area (Å²) >= 11 is 1.02. The number of thiazole rings is 1. The fraction of sp³-hybridized carbons (Fsp3) is 0.312. The Labute approximate surface area is 158 Å². The van der Waals surface area contributed by atoms with Gasteiger partial charge in [0.25, 0.3) is 5.91 Å². The van der Waals surface area contributed by atoms with Crippen LogP contribution in [0.4, 0.5) is 32.0 Å². The molecule has 0 aliphatic carbocycles. The second-order valence-electron chi connectivity index (χ2n) is 5.57. The third kappa shape index (κ3) is 5.44. The topological polar surface area (TPSA) is 68.3 Å². The number of alkyl halides is 6. The van der Waals surface area contributed by atoms with E-state index in [1.165, 1.54) is 0 Å². The lowest BCUT2D eigenvalue weighted by Crippen LogP contribution is -2.22. The average molecular weight is 426 g/mol. The van der Waals surface area contributed by atoms with Gasteiger partial charge in [0.2, 0.25) is 0 Å². The number of nitrogens with one attached hydrogen (secondary N) is 1. The van der Waals surface area contributed by atoms with E-state index < -0.39 is 47.7 Å². The number of amides is 1. The van der Waals surface area contributed by atoms with Crippen LogP contribution in [0.1, 0.15) is 31.5 Å². The number of halogens is 6. The highest BCUT2D eigenvalue weighted by Crippen LogP contribution is 2.37. The Hall–Kier alpha value is -2.63. The number of aryl methyl sites for hydroxylation is 2. The molecule has 152 valence electrons. The number of benzene rings is 1. The van der Waals surface area contributed by atoms with Crippen LogP contribution in [0.15, 0.2) is 18.2 Å². The van der Waals surface area contributed by atoms with E-state index in [4.69, 9.17) is 4.74 Å². The number of esters is 1. The van der Waals surface area contributed by atoms with Gasteiger partial charge in [0, 0.05) is 5.69 Å². The lowest BCUT2D eigenvalue weighted by Gasteiger charge is -2.14. The summed E-state index contributed by atoms with van der Waals surface area (Å²) < 4.78 is 81.5. The minimum absolute atomic E-state index is 0.0649. The van der Waals surface area contributed by atoms with Gasteiger partial charge in [0.15, 0.2) is 6.61 Å². The van der Waals surface area contributed by atoms with Gasteiger partial charge in [-0.05, 0) is 32.0 Å². The molecule has 1 aromatic carbocycles. The third-order valence-corrected chi connectivity index (χ3v) is 4.35. The average Bonchev–Trinajstić information content (AvgIpc) is 2.89. The monoisotopic (exact) mass is 426 g/mol. The first-order chi connectivity index (χ1) is 12.8. The van der Waals surface area contributed by atoms with Gasteiger partial charge in [-0.1, -0.05) is 0 Å². The van der Waals surface area contributed by atoms with Crippen molar-refractivity contribution in [1.29, 1.82) is 0 Å². The van der Waals surface area contributed by atoms with Crippen molar-refractivity contribution in [2.45, 2.75) is 26.2 Å². The number of hydrogen-bond acceptors (Lipinski definition) is 5. The summed E-state index contributed by atoms with van der Waals surface area (Å²) in [6.07, 6.45) is -10.1. The number of carbonyl (C=O) groups is 2. The summed E-state index contributed by atoms with van der Waals surface area (Å²) in [5.74, 6) is -1.97. The molecule has 28 heavy (non-hydrogen) atoms. The van der Waals surface area contributed by atoms with Gasteiger partial charge in [-0.15, -0.1) is 11.3 Å². The molecule has 2 aromatic rings. The molecule has 0 radical (unpaired) electrons. The van der Waals surface area contributed by atoms with Gasteiger partial charge < -0.3 is 10.1 Å². The van der Waals surface area contributed by atoms with Gasteiger partial charge in [-0.2, -0.15) is 26.3 Å². The Morgan fingerprint density at radius 3 is 2.00 bits per heavy atom. The zero-order valence-corrected chi connectivity index (χ0v) is 15.1. The van der Waals surface area contributed by atoms with Crippen molar-refractivity contribution in [3.05, 3.63) is 44.9 Å². The van der Waals surface area contributed by atoms with Crippen LogP contribution in [0.2, 0.25) is 0 Å². The first-order valence-corrected chi connectivity index (χ1v) is 8.29. The van der Waals surface area contributed by atoms with Gasteiger partial charge in [0.05, 0.1) is 21.8 Å². The summed E-state index contributed by atoms with van der Waals surface area (Å²) in [7, 11) is 0. The number of ether oxygens (including phenoxy) is 1. The molecule has 1 aromatic heterocycles. The van der Waals surface area contributed by atoms with E-state index in [0.29, 0.717) is 22.8 Å². The van der Waals surface area contributed by atoms with Crippen molar-refractivity contribution in [3.63, 3.8) is 0 Å². The highest BCUT2D eigenvalue weighted by atomic mass is 32.1. The molecule has 0 atom stereocenters. The standard InChI is InChI=1S/C16H12F6N2O3S/c1-7-13(28-8(2)23-7)14(26)27-6-12(25)24-11-4-9(15(17,18)19)3-10(5-11)16(20,21)22/h3-5H,6H2,1-2H3,(H,24,25). The molecule has 0 unspecified atom stereocenters. The van der Waals surface area contributed by atoms with Gasteiger partial charge in [0.1, 0.15) is 4.88 Å². The van der Waals surface area contributed by atoms with E-state index in [1.807, 2.05) is 5.32 Å². The van der Waals surface area contributed by atoms with Crippen LogP contribution in [-0.4, -0.2) is 23.5 Å². The second-order valence-corrected chi connectivity index (χ2v) is 6.77. The van der Waals surface area contributed by atoms with Gasteiger partial charge >= 0.3 is 18.3 Å². The second kappa shape index (κ2) is 7.78. The number of carbonyl (C=O) groups excluding carboxylic acids is 2. The first-order valence-electron chi connectivity index (χ1n) is 7.48. The SMILES string of the molecule is Cc1nc(C)c(C(=O)OCC(=O)Nc2cc(C(F)(F)F)cc(C(F)(F)F)c2)s1. The quantitative estimate of drug-likeness (QED) is 0.574. The van der Waals surface area contributed by atoms with E-state index >= 15 is 0 Å². The molecule has 1 N–H and O–H groups in total. The minimum Gasteiger partial charge on any atom is -0.451 e. The van der Waals surface area contributed by atoms with Crippen molar-refractivity contribution in [3.8, 4) is 0 Å². The maximum atomic E-state index is 12.8. The van der Waals surface area contributed by atoms with Crippen LogP contribution in [-0.2, 0) is 21.9 Å². The molecule has 0 aliphatic heterocycles. The zero-order valence-electron chi connectivity index (χ0n) is 14.3. The molecule has 0 saturated heterocycles. The van der Waals surface area contributed by atoms with Crippen LogP contribution < -0.4 is 5.32 Å². The van der Waals surface area contributed by atoms with E-state index in [1.54, 1.807) is 13.8 Å². The molecular formula is C16H12F6N2O3S. The van der Waals surface area contributed by atoms with Crippen molar-refractivity contribution < 1.29 is 40.7 Å². The fourth-order valence-corrected chi connectivity index (χ4v) is 2.96. The Morgan fingerprint density at radius 1 is 1.04 bits per heavy atom. The Kier molecular flexibility index (Phi) is 6.02. The van der Waals surface area contributed by atoms with Gasteiger partial charge in [-0.25, -0.2) is 9.78 Å². The van der Waals surface area contributed by atoms with Crippen LogP contribution >= 0.6 is 11.3 Å². The molecule has 0 saturated carbocycles. The summed E-state index contributed by atoms with van der Waals surface area (Å²) in [6.45, 7) is 2.29. The highest BCUT2D eigenvalue weighted by Gasteiger charge is 2.37. The lowest BCUT2D eigenvalue weighted by molar-refractivity contribution is -0.143. The van der Waals surface area contributed by atoms with E-state index in [9.17, 15) is 35.9 Å². The zero-order chi connectivity index (χ0) is 21.3. The predicted molar refractivity (Wildman–Crippen MR) is 86.9 cm³/mol. The fourth-order valence-electron chi connectivity index (χ4n) is 2.14. The smallest absolute Gasteiger partial charge is 0.416 e. The molecule has 0 spiro atoms. The Bertz CT molecular complexity index is 873. The van der Waals surface area contributed by atoms with Crippen molar-refractivity contribution in [2.75, 3.05) is 11.9 Å². The summed E-state index contributed by atoms with van der Waals surface area (Å²) in [5, 5.41) is 2.45. The number of nitrogens with zero attached hydrogens (tertiary/aromatic N) is 1. The lowest BCUT2D eigenvalue weighted by atomic mass is 10.1. The van der Waals surface area contributed by atoms with Crippen molar-refractivity contribution in [2.24, 2.45) is 0 Å². The normalized spacial score (nSPS) is 12.0. The predicted octanol–water partition coefficient (Wildman–Crippen LogP) is 4.59. The Morgan fingerprint density at radius 2 is 1.57 bits per heavy atom. The molecule has 2 rings (SSSR count). The van der Waals surface area contributed by atoms with Crippen LogP contribution in [0, 0.1) is 13.8 Å². The number of hydrogen-bond donors (Lipinski definition) is 1. The van der Waals surface area contributed by atoms with Crippen molar-refractivity contribution >= 4 is 28.9 Å². The van der Waals surface area contributed by atoms with Gasteiger partial charge in [-0.3, -0.25) is 4.79 Å². The summed E-state index contributed by atoms with van der Waals surface area (Å²) in [5.41, 5.74) is -3.51. The molecule has 12 heteroatoms. The number of aromatic nitrogens is 1. The summed E-state index contributed by atoms with van der Waals surface area (Å²) in [4.78, 5) is 27.8. The maximum absolute atomic E-state index is 12.8. The third-order valence-electron chi connectivity index (χ3n) is 3.29. The molecule has 1 amide bonds. The molecule has 0 aliphatic rings. The van der Waals surface area contributed by atoms with E-state index in [0.717, 1.165) is 11.3 Å². The number of rotatable bonds is 4. The van der Waals surface area contributed by atoms with Crippen molar-refractivity contribution in [1.82, 2.24) is 4.98 Å². The molecule has 0 fully saturated rings. The molecule has 1 heterocycles. The minimum atomic E-state index is -5.05. The Balaban J connectivity index is 2.12. The molecule has 5 nitrogen and oxygen atoms in total. The van der Waals surface area contributed by atoms with Crippen LogP contribution in [0.5, 0.6) is 0 Å². The molecule has 0 bridgehead atoms. The maximum Gasteiger partial charge on any atom is 0.416 e. The van der Waals surface area contributed by atoms with Crippen LogP contribution in [0.25, 0.3) is 0 Å². The first kappa shape index (κ1) is 21.7. The van der Waals surface area contributed by atoms with Crippen LogP contribution in [0.3, 0.4) is 0 Å². The largest absolute Gasteiger partial charge is 0.451 e. The molecular weight excluding hydrogens is 414 g/mol. The summed E-state index contributed by atoms with van der Waals surface area (Å²) in [6, 6.07) is 0.641. The van der Waals surface area contributed by atoms with E-state index in [2.05, 4.69) is 4.98 Å². The van der Waals surface area contributed by atoms with E-state index in [-0.39, 0.29) is 10.9 Å². The highest BCUT2D eigenvalue weighted by molar-refractivity contribution is 7.13. The number of anilines is 1.